The highest BCUT2D eigenvalue weighted by molar-refractivity contribution is 5.99. The van der Waals surface area contributed by atoms with Crippen LogP contribution in [0.15, 0.2) is 28.0 Å². The molecule has 0 fully saturated rings. The van der Waals surface area contributed by atoms with E-state index in [1.165, 1.54) is 0 Å². The zero-order chi connectivity index (χ0) is 18.8. The Balaban J connectivity index is 2.09. The fourth-order valence-corrected chi connectivity index (χ4v) is 3.31. The van der Waals surface area contributed by atoms with E-state index in [2.05, 4.69) is 15.6 Å². The molecule has 8 nitrogen and oxygen atoms in total. The number of nitrogens with one attached hydrogen (secondary N) is 2. The van der Waals surface area contributed by atoms with Crippen LogP contribution < -0.4 is 26.4 Å². The first-order valence-corrected chi connectivity index (χ1v) is 8.68. The van der Waals surface area contributed by atoms with Gasteiger partial charge in [0.25, 0.3) is 10.9 Å². The lowest BCUT2D eigenvalue weighted by Gasteiger charge is -2.35. The van der Waals surface area contributed by atoms with E-state index >= 15 is 0 Å². The molecule has 1 aromatic heterocycles. The topological polar surface area (TPSA) is 112 Å². The van der Waals surface area contributed by atoms with Crippen LogP contribution in [0.25, 0.3) is 0 Å². The van der Waals surface area contributed by atoms with E-state index in [0.717, 1.165) is 12.0 Å². The lowest BCUT2D eigenvalue weighted by Crippen LogP contribution is -2.52. The number of hydrogen-bond donors (Lipinski definition) is 3. The van der Waals surface area contributed by atoms with Crippen LogP contribution in [-0.2, 0) is 11.3 Å². The molecule has 2 aromatic rings. The predicted molar refractivity (Wildman–Crippen MR) is 99.2 cm³/mol. The molecule has 3 N–H and O–H groups in total. The Hall–Kier alpha value is -2.74. The van der Waals surface area contributed by atoms with Gasteiger partial charge in [-0.2, -0.15) is 0 Å². The summed E-state index contributed by atoms with van der Waals surface area (Å²) in [5.41, 5.74) is 0.591. The van der Waals surface area contributed by atoms with E-state index in [-0.39, 0.29) is 36.4 Å². The summed E-state index contributed by atoms with van der Waals surface area (Å²) in [6.07, 6.45) is 3.94. The molecule has 0 saturated heterocycles. The Labute approximate surface area is 150 Å². The number of carbonyl (C=O) groups excluding carboxylic acids is 1. The van der Waals surface area contributed by atoms with Crippen molar-refractivity contribution in [1.82, 2.24) is 4.98 Å². The average Bonchev–Trinajstić information content (AvgIpc) is 2.79. The van der Waals surface area contributed by atoms with Crippen molar-refractivity contribution in [2.75, 3.05) is 28.7 Å². The smallest absolute Gasteiger partial charge is 0.253 e. The largest absolute Gasteiger partial charge is 0.395 e. The molecule has 0 spiro atoms. The van der Waals surface area contributed by atoms with E-state index in [1.807, 2.05) is 13.8 Å². The molecule has 2 heterocycles. The van der Waals surface area contributed by atoms with Crippen molar-refractivity contribution in [2.24, 2.45) is 5.92 Å². The monoisotopic (exact) mass is 358 g/mol. The molecule has 0 bridgehead atoms. The van der Waals surface area contributed by atoms with Gasteiger partial charge in [0.1, 0.15) is 17.4 Å². The molecule has 138 valence electrons. The minimum atomic E-state index is -0.615. The second kappa shape index (κ2) is 7.25. The number of aliphatic hydroxyl groups is 1. The summed E-state index contributed by atoms with van der Waals surface area (Å²) in [7, 11) is 0. The van der Waals surface area contributed by atoms with E-state index in [9.17, 15) is 14.4 Å². The van der Waals surface area contributed by atoms with Crippen LogP contribution in [0.2, 0.25) is 0 Å². The van der Waals surface area contributed by atoms with Crippen molar-refractivity contribution in [3.63, 3.8) is 0 Å². The molecule has 1 amide bonds. The van der Waals surface area contributed by atoms with Gasteiger partial charge in [0.2, 0.25) is 5.91 Å². The molecule has 3 rings (SSSR count). The number of fused-ring (bicyclic) bond motifs is 1. The van der Waals surface area contributed by atoms with Crippen molar-refractivity contribution in [3.05, 3.63) is 44.5 Å². The second-order valence-corrected chi connectivity index (χ2v) is 6.51. The summed E-state index contributed by atoms with van der Waals surface area (Å²) in [6.45, 7) is 4.22. The van der Waals surface area contributed by atoms with Gasteiger partial charge in [-0.3, -0.25) is 19.4 Å². The molecular formula is C18H22N4O4. The van der Waals surface area contributed by atoms with Gasteiger partial charge in [0.15, 0.2) is 0 Å². The third kappa shape index (κ3) is 2.96. The van der Waals surface area contributed by atoms with E-state index in [4.69, 9.17) is 5.11 Å². The quantitative estimate of drug-likeness (QED) is 0.643. The molecule has 1 aromatic carbocycles. The third-order valence-corrected chi connectivity index (χ3v) is 4.88. The summed E-state index contributed by atoms with van der Waals surface area (Å²) in [5, 5.41) is 14.7. The molecule has 26 heavy (non-hydrogen) atoms. The number of anilines is 3. The van der Waals surface area contributed by atoms with Crippen LogP contribution >= 0.6 is 0 Å². The molecule has 1 aliphatic rings. The molecule has 0 unspecified atom stereocenters. The number of aromatic nitrogens is 1. The Kier molecular flexibility index (Phi) is 5.03. The van der Waals surface area contributed by atoms with Crippen molar-refractivity contribution in [2.45, 2.75) is 32.9 Å². The highest BCUT2D eigenvalue weighted by atomic mass is 16.3. The fourth-order valence-electron chi connectivity index (χ4n) is 3.31. The van der Waals surface area contributed by atoms with Gasteiger partial charge in [-0.05, 0) is 17.5 Å². The van der Waals surface area contributed by atoms with Crippen LogP contribution in [0.3, 0.4) is 0 Å². The molecule has 2 atom stereocenters. The lowest BCUT2D eigenvalue weighted by molar-refractivity contribution is -0.118. The normalized spacial score (nSPS) is 18.2. The standard InChI is InChI=1S/C18H22N4O4/c1-3-10(2)14-18(26)21-12-8-19-5-4-11(12)9-22(14)15-13(20-6-7-23)16(24)17(15)25/h4-5,8,10,14,20,23H,3,6-7,9H2,1-2H3,(H,21,26)/t10-,14-/m0/s1. The van der Waals surface area contributed by atoms with E-state index < -0.39 is 16.9 Å². The number of aliphatic hydroxyl groups excluding tert-OH is 1. The first kappa shape index (κ1) is 18.1. The Morgan fingerprint density at radius 2 is 2.15 bits per heavy atom. The van der Waals surface area contributed by atoms with Crippen molar-refractivity contribution >= 4 is 23.0 Å². The Bertz CT molecular complexity index is 888. The summed E-state index contributed by atoms with van der Waals surface area (Å²) in [6, 6.07) is 1.19. The number of rotatable bonds is 6. The van der Waals surface area contributed by atoms with Crippen LogP contribution in [0.5, 0.6) is 0 Å². The SMILES string of the molecule is CC[C@H](C)[C@H]1C(=O)Nc2cnccc2CN1c1c(NCCO)c(=O)c1=O. The minimum absolute atomic E-state index is 0.0348. The minimum Gasteiger partial charge on any atom is -0.395 e. The van der Waals surface area contributed by atoms with E-state index in [1.54, 1.807) is 23.4 Å². The first-order chi connectivity index (χ1) is 12.5. The molecule has 0 saturated carbocycles. The van der Waals surface area contributed by atoms with Gasteiger partial charge in [0, 0.05) is 19.3 Å². The van der Waals surface area contributed by atoms with Crippen molar-refractivity contribution < 1.29 is 9.90 Å². The Morgan fingerprint density at radius 1 is 1.38 bits per heavy atom. The lowest BCUT2D eigenvalue weighted by atomic mass is 9.95. The van der Waals surface area contributed by atoms with Gasteiger partial charge in [0.05, 0.1) is 18.5 Å². The van der Waals surface area contributed by atoms with Crippen LogP contribution in [-0.4, -0.2) is 35.2 Å². The Morgan fingerprint density at radius 3 is 2.85 bits per heavy atom. The van der Waals surface area contributed by atoms with Crippen molar-refractivity contribution in [1.29, 1.82) is 0 Å². The number of hydrogen-bond acceptors (Lipinski definition) is 7. The number of amides is 1. The van der Waals surface area contributed by atoms with Crippen LogP contribution in [0, 0.1) is 5.92 Å². The highest BCUT2D eigenvalue weighted by Gasteiger charge is 2.38. The van der Waals surface area contributed by atoms with Crippen LogP contribution in [0.4, 0.5) is 17.1 Å². The maximum absolute atomic E-state index is 12.9. The number of pyridine rings is 1. The van der Waals surface area contributed by atoms with E-state index in [0.29, 0.717) is 12.2 Å². The predicted octanol–water partition coefficient (Wildman–Crippen LogP) is 0.455. The zero-order valence-corrected chi connectivity index (χ0v) is 14.8. The summed E-state index contributed by atoms with van der Waals surface area (Å²) < 4.78 is 0. The third-order valence-electron chi connectivity index (χ3n) is 4.88. The summed E-state index contributed by atoms with van der Waals surface area (Å²) in [4.78, 5) is 42.9. The summed E-state index contributed by atoms with van der Waals surface area (Å²) >= 11 is 0. The molecular weight excluding hydrogens is 336 g/mol. The zero-order valence-electron chi connectivity index (χ0n) is 14.8. The van der Waals surface area contributed by atoms with Crippen LogP contribution in [0.1, 0.15) is 25.8 Å². The maximum atomic E-state index is 12.9. The van der Waals surface area contributed by atoms with Gasteiger partial charge in [-0.15, -0.1) is 0 Å². The average molecular weight is 358 g/mol. The number of carbonyl (C=O) groups is 1. The molecule has 1 aliphatic heterocycles. The second-order valence-electron chi connectivity index (χ2n) is 6.51. The highest BCUT2D eigenvalue weighted by Crippen LogP contribution is 2.32. The van der Waals surface area contributed by atoms with Gasteiger partial charge in [-0.1, -0.05) is 20.3 Å². The maximum Gasteiger partial charge on any atom is 0.253 e. The van der Waals surface area contributed by atoms with Crippen molar-refractivity contribution in [3.8, 4) is 0 Å². The molecule has 0 aliphatic carbocycles. The van der Waals surface area contributed by atoms with Gasteiger partial charge in [-0.25, -0.2) is 0 Å². The van der Waals surface area contributed by atoms with Gasteiger partial charge >= 0.3 is 0 Å². The number of nitrogens with zero attached hydrogens (tertiary/aromatic N) is 2. The summed E-state index contributed by atoms with van der Waals surface area (Å²) in [5.74, 6) is -0.264. The molecule has 8 heteroatoms. The fraction of sp³-hybridized carbons (Fsp3) is 0.444. The van der Waals surface area contributed by atoms with Gasteiger partial charge < -0.3 is 20.6 Å². The first-order valence-electron chi connectivity index (χ1n) is 8.68. The molecule has 0 radical (unpaired) electrons.